The molecule has 3 aromatic rings. The van der Waals surface area contributed by atoms with Gasteiger partial charge in [-0.2, -0.15) is 0 Å². The molecular formula is C26H27NO2. The molecule has 0 saturated heterocycles. The van der Waals surface area contributed by atoms with Crippen LogP contribution in [0.5, 0.6) is 5.75 Å². The van der Waals surface area contributed by atoms with Crippen molar-refractivity contribution in [2.75, 3.05) is 5.32 Å². The smallest absolute Gasteiger partial charge is 0.255 e. The number of rotatable bonds is 5. The van der Waals surface area contributed by atoms with Gasteiger partial charge < -0.3 is 10.4 Å². The third-order valence-corrected chi connectivity index (χ3v) is 5.74. The molecule has 3 aromatic carbocycles. The summed E-state index contributed by atoms with van der Waals surface area (Å²) in [6.45, 7) is 0. The first-order valence-corrected chi connectivity index (χ1v) is 10.5. The molecule has 0 aliphatic heterocycles. The fraction of sp³-hybridized carbons (Fsp3) is 0.269. The van der Waals surface area contributed by atoms with Crippen molar-refractivity contribution in [3.05, 3.63) is 95.1 Å². The zero-order valence-corrected chi connectivity index (χ0v) is 16.6. The lowest BCUT2D eigenvalue weighted by molar-refractivity contribution is 0.102. The highest BCUT2D eigenvalue weighted by molar-refractivity contribution is 6.04. The fourth-order valence-electron chi connectivity index (χ4n) is 4.23. The van der Waals surface area contributed by atoms with Crippen LogP contribution in [0.2, 0.25) is 0 Å². The summed E-state index contributed by atoms with van der Waals surface area (Å²) in [5.74, 6) is 0.630. The number of hydrogen-bond donors (Lipinski definition) is 2. The van der Waals surface area contributed by atoms with Crippen LogP contribution < -0.4 is 5.32 Å². The van der Waals surface area contributed by atoms with Gasteiger partial charge in [0.05, 0.1) is 0 Å². The summed E-state index contributed by atoms with van der Waals surface area (Å²) >= 11 is 0. The van der Waals surface area contributed by atoms with Gasteiger partial charge in [-0.15, -0.1) is 0 Å². The van der Waals surface area contributed by atoms with Crippen LogP contribution >= 0.6 is 0 Å². The number of phenolic OH excluding ortho intramolecular Hbond substituents is 1. The van der Waals surface area contributed by atoms with Gasteiger partial charge in [0.1, 0.15) is 5.75 Å². The first kappa shape index (κ1) is 19.3. The first-order chi connectivity index (χ1) is 14.2. The predicted molar refractivity (Wildman–Crippen MR) is 118 cm³/mol. The highest BCUT2D eigenvalue weighted by Crippen LogP contribution is 2.32. The summed E-state index contributed by atoms with van der Waals surface area (Å²) in [6.07, 6.45) is 7.14. The van der Waals surface area contributed by atoms with Crippen molar-refractivity contribution >= 4 is 11.6 Å². The van der Waals surface area contributed by atoms with Crippen LogP contribution in [-0.4, -0.2) is 11.0 Å². The van der Waals surface area contributed by atoms with Crippen LogP contribution in [-0.2, 0) is 6.42 Å². The summed E-state index contributed by atoms with van der Waals surface area (Å²) in [6, 6.07) is 23.3. The molecule has 1 saturated carbocycles. The molecule has 1 aliphatic rings. The summed E-state index contributed by atoms with van der Waals surface area (Å²) in [7, 11) is 0. The lowest BCUT2D eigenvalue weighted by Gasteiger charge is -2.22. The highest BCUT2D eigenvalue weighted by atomic mass is 16.3. The van der Waals surface area contributed by atoms with Crippen LogP contribution in [0.4, 0.5) is 5.69 Å². The molecule has 148 valence electrons. The number of amides is 1. The minimum absolute atomic E-state index is 0.154. The lowest BCUT2D eigenvalue weighted by Crippen LogP contribution is -2.12. The summed E-state index contributed by atoms with van der Waals surface area (Å²) in [5, 5.41) is 13.0. The predicted octanol–water partition coefficient (Wildman–Crippen LogP) is 6.28. The number of carbonyl (C=O) groups excluding carboxylic acids is 1. The number of hydrogen-bond acceptors (Lipinski definition) is 2. The number of nitrogens with one attached hydrogen (secondary N) is 1. The van der Waals surface area contributed by atoms with E-state index in [1.807, 2.05) is 36.4 Å². The minimum atomic E-state index is -0.156. The van der Waals surface area contributed by atoms with Crippen molar-refractivity contribution in [1.29, 1.82) is 0 Å². The van der Waals surface area contributed by atoms with Crippen molar-refractivity contribution in [1.82, 2.24) is 0 Å². The van der Waals surface area contributed by atoms with Crippen molar-refractivity contribution in [2.45, 2.75) is 44.4 Å². The molecule has 0 atom stereocenters. The Labute approximate surface area is 172 Å². The van der Waals surface area contributed by atoms with Crippen molar-refractivity contribution < 1.29 is 9.90 Å². The topological polar surface area (TPSA) is 49.3 Å². The summed E-state index contributed by atoms with van der Waals surface area (Å²) in [5.41, 5.74) is 4.70. The second-order valence-electron chi connectivity index (χ2n) is 7.96. The quantitative estimate of drug-likeness (QED) is 0.543. The summed E-state index contributed by atoms with van der Waals surface area (Å²) < 4.78 is 0. The Morgan fingerprint density at radius 3 is 2.31 bits per heavy atom. The maximum absolute atomic E-state index is 12.7. The van der Waals surface area contributed by atoms with Gasteiger partial charge >= 0.3 is 0 Å². The Bertz CT molecular complexity index is 958. The zero-order valence-electron chi connectivity index (χ0n) is 16.6. The normalized spacial score (nSPS) is 14.5. The largest absolute Gasteiger partial charge is 0.508 e. The molecule has 3 heteroatoms. The van der Waals surface area contributed by atoms with Crippen LogP contribution in [0.25, 0.3) is 0 Å². The molecule has 0 unspecified atom stereocenters. The molecule has 4 rings (SSSR count). The molecule has 0 heterocycles. The van der Waals surface area contributed by atoms with Crippen molar-refractivity contribution in [2.24, 2.45) is 0 Å². The van der Waals surface area contributed by atoms with Crippen LogP contribution in [0, 0.1) is 0 Å². The second kappa shape index (κ2) is 8.95. The van der Waals surface area contributed by atoms with E-state index in [-0.39, 0.29) is 11.7 Å². The van der Waals surface area contributed by atoms with Gasteiger partial charge in [-0.05, 0) is 66.1 Å². The van der Waals surface area contributed by atoms with E-state index in [1.54, 1.807) is 12.1 Å². The number of aromatic hydroxyl groups is 1. The maximum Gasteiger partial charge on any atom is 0.255 e. The molecule has 3 nitrogen and oxygen atoms in total. The molecule has 0 spiro atoms. The van der Waals surface area contributed by atoms with Gasteiger partial charge in [0, 0.05) is 17.3 Å². The molecule has 1 amide bonds. The number of phenols is 1. The van der Waals surface area contributed by atoms with Gasteiger partial charge in [-0.1, -0.05) is 61.7 Å². The lowest BCUT2D eigenvalue weighted by atomic mass is 9.84. The van der Waals surface area contributed by atoms with E-state index in [4.69, 9.17) is 0 Å². The fourth-order valence-corrected chi connectivity index (χ4v) is 4.23. The minimum Gasteiger partial charge on any atom is -0.508 e. The van der Waals surface area contributed by atoms with Crippen LogP contribution in [0.1, 0.15) is 65.1 Å². The molecule has 0 radical (unpaired) electrons. The van der Waals surface area contributed by atoms with Crippen LogP contribution in [0.3, 0.4) is 0 Å². The van der Waals surface area contributed by atoms with E-state index in [2.05, 4.69) is 29.6 Å². The molecule has 0 bridgehead atoms. The molecule has 29 heavy (non-hydrogen) atoms. The Morgan fingerprint density at radius 1 is 0.862 bits per heavy atom. The molecule has 0 aromatic heterocycles. The van der Waals surface area contributed by atoms with Gasteiger partial charge in [0.15, 0.2) is 0 Å². The molecule has 1 aliphatic carbocycles. The Kier molecular flexibility index (Phi) is 5.95. The average Bonchev–Trinajstić information content (AvgIpc) is 2.75. The third kappa shape index (κ3) is 5.05. The average molecular weight is 386 g/mol. The van der Waals surface area contributed by atoms with E-state index in [0.717, 1.165) is 11.1 Å². The van der Waals surface area contributed by atoms with Gasteiger partial charge in [-0.25, -0.2) is 0 Å². The van der Waals surface area contributed by atoms with E-state index in [1.165, 1.54) is 37.7 Å². The SMILES string of the molecule is O=C(Nc1cc(O)cc(Cc2ccccc2)c1)c1ccc(C2CCCCC2)cc1. The van der Waals surface area contributed by atoms with E-state index in [0.29, 0.717) is 23.6 Å². The number of anilines is 1. The zero-order chi connectivity index (χ0) is 20.1. The standard InChI is InChI=1S/C26H27NO2/c28-25-17-20(15-19-7-3-1-4-8-19)16-24(18-25)27-26(29)23-13-11-22(12-14-23)21-9-5-2-6-10-21/h1,3-4,7-8,11-14,16-18,21,28H,2,5-6,9-10,15H2,(H,27,29). The maximum atomic E-state index is 12.7. The van der Waals surface area contributed by atoms with E-state index < -0.39 is 0 Å². The first-order valence-electron chi connectivity index (χ1n) is 10.5. The third-order valence-electron chi connectivity index (χ3n) is 5.74. The van der Waals surface area contributed by atoms with Gasteiger partial charge in [0.25, 0.3) is 5.91 Å². The molecule has 2 N–H and O–H groups in total. The second-order valence-corrected chi connectivity index (χ2v) is 7.96. The van der Waals surface area contributed by atoms with E-state index >= 15 is 0 Å². The summed E-state index contributed by atoms with van der Waals surface area (Å²) in [4.78, 5) is 12.7. The monoisotopic (exact) mass is 385 g/mol. The molecular weight excluding hydrogens is 358 g/mol. The van der Waals surface area contributed by atoms with Crippen LogP contribution in [0.15, 0.2) is 72.8 Å². The van der Waals surface area contributed by atoms with Gasteiger partial charge in [0.2, 0.25) is 0 Å². The Morgan fingerprint density at radius 2 is 1.59 bits per heavy atom. The molecule has 1 fully saturated rings. The van der Waals surface area contributed by atoms with Crippen molar-refractivity contribution in [3.63, 3.8) is 0 Å². The van der Waals surface area contributed by atoms with Crippen molar-refractivity contribution in [3.8, 4) is 5.75 Å². The van der Waals surface area contributed by atoms with Gasteiger partial charge in [-0.3, -0.25) is 4.79 Å². The Balaban J connectivity index is 1.45. The highest BCUT2D eigenvalue weighted by Gasteiger charge is 2.16. The number of benzene rings is 3. The van der Waals surface area contributed by atoms with E-state index in [9.17, 15) is 9.90 Å². The number of carbonyl (C=O) groups is 1. The Hall–Kier alpha value is -3.07.